The molecule has 0 bridgehead atoms. The molecule has 9 heteroatoms. The van der Waals surface area contributed by atoms with Crippen molar-refractivity contribution in [1.82, 2.24) is 4.90 Å². The van der Waals surface area contributed by atoms with Gasteiger partial charge in [-0.1, -0.05) is 42.5 Å². The number of ether oxygens (including phenoxy) is 1. The van der Waals surface area contributed by atoms with E-state index >= 15 is 0 Å². The van der Waals surface area contributed by atoms with Gasteiger partial charge in [0.15, 0.2) is 17.0 Å². The average Bonchev–Trinajstić information content (AvgIpc) is 2.88. The summed E-state index contributed by atoms with van der Waals surface area (Å²) in [4.78, 5) is 14.2. The van der Waals surface area contributed by atoms with E-state index in [0.717, 1.165) is 17.7 Å². The number of benzene rings is 2. The number of carbonyl (C=O) groups is 1. The van der Waals surface area contributed by atoms with Crippen molar-refractivity contribution < 1.29 is 18.3 Å². The Morgan fingerprint density at radius 1 is 1.11 bits per heavy atom. The summed E-state index contributed by atoms with van der Waals surface area (Å²) in [6, 6.07) is 18.0. The van der Waals surface area contributed by atoms with Crippen molar-refractivity contribution in [2.75, 3.05) is 13.1 Å². The second kappa shape index (κ2) is 9.29. The van der Waals surface area contributed by atoms with Gasteiger partial charge in [-0.2, -0.15) is 15.8 Å². The lowest BCUT2D eigenvalue weighted by Crippen LogP contribution is -2.49. The molecule has 0 saturated carbocycles. The minimum absolute atomic E-state index is 0.0192. The van der Waals surface area contributed by atoms with E-state index in [2.05, 4.69) is 0 Å². The van der Waals surface area contributed by atoms with Crippen LogP contribution in [0.1, 0.15) is 17.0 Å². The van der Waals surface area contributed by atoms with Crippen LogP contribution >= 0.6 is 0 Å². The first-order chi connectivity index (χ1) is 16.9. The van der Waals surface area contributed by atoms with Crippen LogP contribution in [0.15, 0.2) is 71.5 Å². The number of nitriles is 3. The number of carbonyl (C=O) groups excluding carboxylic acids is 1. The van der Waals surface area contributed by atoms with E-state index in [4.69, 9.17) is 10.5 Å². The van der Waals surface area contributed by atoms with Gasteiger partial charge in [-0.15, -0.1) is 0 Å². The Bertz CT molecular complexity index is 1350. The van der Waals surface area contributed by atoms with E-state index in [1.54, 1.807) is 6.08 Å². The molecule has 2 aromatic carbocycles. The molecule has 1 aliphatic heterocycles. The number of hydrogen-bond donors (Lipinski definition) is 1. The molecule has 0 spiro atoms. The molecule has 0 aromatic heterocycles. The Kier molecular flexibility index (Phi) is 6.23. The molecule has 2 aromatic rings. The maximum absolute atomic E-state index is 14.2. The number of halogens is 2. The largest absolute Gasteiger partial charge is 0.445 e. The SMILES string of the molecule is N#CC1=C(N)C(C#N)(C#N)[C@@H](c2ccc(F)c(F)c2)[C@@H]2CN(C(=O)OCc3ccccc3)CC=C12. The Labute approximate surface area is 200 Å². The number of nitrogens with two attached hydrogens (primary N) is 1. The van der Waals surface area contributed by atoms with E-state index in [1.807, 2.05) is 48.5 Å². The Morgan fingerprint density at radius 2 is 1.83 bits per heavy atom. The summed E-state index contributed by atoms with van der Waals surface area (Å²) in [5.41, 5.74) is 5.30. The number of hydrogen-bond acceptors (Lipinski definition) is 6. The minimum Gasteiger partial charge on any atom is -0.445 e. The van der Waals surface area contributed by atoms with Crippen LogP contribution in [0.2, 0.25) is 0 Å². The molecule has 0 radical (unpaired) electrons. The van der Waals surface area contributed by atoms with Crippen LogP contribution in [0.4, 0.5) is 13.6 Å². The highest BCUT2D eigenvalue weighted by Gasteiger charge is 2.55. The van der Waals surface area contributed by atoms with E-state index < -0.39 is 35.0 Å². The van der Waals surface area contributed by atoms with Gasteiger partial charge >= 0.3 is 6.09 Å². The molecule has 0 fully saturated rings. The first kappa shape index (κ1) is 23.5. The van der Waals surface area contributed by atoms with E-state index in [-0.39, 0.29) is 36.5 Å². The number of amides is 1. The first-order valence-corrected chi connectivity index (χ1v) is 10.7. The van der Waals surface area contributed by atoms with Crippen LogP contribution in [0.3, 0.4) is 0 Å². The zero-order chi connectivity index (χ0) is 25.2. The topological polar surface area (TPSA) is 127 Å². The zero-order valence-electron chi connectivity index (χ0n) is 18.4. The monoisotopic (exact) mass is 471 g/mol. The summed E-state index contributed by atoms with van der Waals surface area (Å²) in [5, 5.41) is 29.9. The number of rotatable bonds is 3. The van der Waals surface area contributed by atoms with Gasteiger partial charge < -0.3 is 15.4 Å². The highest BCUT2D eigenvalue weighted by molar-refractivity contribution is 5.69. The van der Waals surface area contributed by atoms with Gasteiger partial charge in [-0.3, -0.25) is 0 Å². The molecule has 174 valence electrons. The molecule has 4 rings (SSSR count). The highest BCUT2D eigenvalue weighted by Crippen LogP contribution is 2.54. The molecule has 2 N–H and O–H groups in total. The summed E-state index contributed by atoms with van der Waals surface area (Å²) in [5.74, 6) is -4.07. The van der Waals surface area contributed by atoms with E-state index in [9.17, 15) is 29.4 Å². The van der Waals surface area contributed by atoms with Crippen molar-refractivity contribution in [2.24, 2.45) is 17.1 Å². The summed E-state index contributed by atoms with van der Waals surface area (Å²) in [6.45, 7) is 0.127. The molecule has 35 heavy (non-hydrogen) atoms. The molecule has 2 atom stereocenters. The standard InChI is InChI=1S/C26H19F2N5O2/c27-21-7-6-17(10-22(21)28)23-20-12-33(25(34)35-13-16-4-2-1-3-5-16)9-8-18(20)19(11-29)24(32)26(23,14-30)15-31/h1-8,10,20,23H,9,12-13,32H2/t20-,23+/m1/s1. The number of allylic oxidation sites excluding steroid dienone is 2. The lowest BCUT2D eigenvalue weighted by Gasteiger charge is -2.45. The lowest BCUT2D eigenvalue weighted by atomic mass is 9.58. The fourth-order valence-electron chi connectivity index (χ4n) is 4.72. The van der Waals surface area contributed by atoms with Gasteiger partial charge in [0.25, 0.3) is 0 Å². The van der Waals surface area contributed by atoms with Crippen LogP contribution in [-0.2, 0) is 11.3 Å². The van der Waals surface area contributed by atoms with Gasteiger partial charge in [-0.05, 0) is 28.8 Å². The van der Waals surface area contributed by atoms with E-state index in [0.29, 0.717) is 5.57 Å². The average molecular weight is 471 g/mol. The Balaban J connectivity index is 1.75. The van der Waals surface area contributed by atoms with Crippen LogP contribution in [0.5, 0.6) is 0 Å². The first-order valence-electron chi connectivity index (χ1n) is 10.7. The summed E-state index contributed by atoms with van der Waals surface area (Å²) in [6.07, 6.45) is 0.989. The summed E-state index contributed by atoms with van der Waals surface area (Å²) >= 11 is 0. The minimum atomic E-state index is -2.03. The molecule has 1 aliphatic carbocycles. The van der Waals surface area contributed by atoms with Gasteiger partial charge in [0.2, 0.25) is 0 Å². The van der Waals surface area contributed by atoms with Crippen molar-refractivity contribution in [1.29, 1.82) is 15.8 Å². The molecule has 0 unspecified atom stereocenters. The van der Waals surface area contributed by atoms with Crippen molar-refractivity contribution in [3.63, 3.8) is 0 Å². The normalized spacial score (nSPS) is 20.5. The fraction of sp³-hybridized carbons (Fsp3) is 0.231. The van der Waals surface area contributed by atoms with E-state index in [1.165, 1.54) is 11.0 Å². The third kappa shape index (κ3) is 3.96. The van der Waals surface area contributed by atoms with Gasteiger partial charge in [0.1, 0.15) is 12.7 Å². The lowest BCUT2D eigenvalue weighted by molar-refractivity contribution is 0.0898. The molecule has 2 aliphatic rings. The van der Waals surface area contributed by atoms with Crippen molar-refractivity contribution in [3.8, 4) is 18.2 Å². The molecular weight excluding hydrogens is 452 g/mol. The number of nitrogens with zero attached hydrogens (tertiary/aromatic N) is 4. The zero-order valence-corrected chi connectivity index (χ0v) is 18.4. The van der Waals surface area contributed by atoms with Gasteiger partial charge in [0, 0.05) is 24.9 Å². The van der Waals surface area contributed by atoms with Crippen LogP contribution < -0.4 is 5.73 Å². The second-order valence-corrected chi connectivity index (χ2v) is 8.29. The predicted octanol–water partition coefficient (Wildman–Crippen LogP) is 4.03. The fourth-order valence-corrected chi connectivity index (χ4v) is 4.72. The van der Waals surface area contributed by atoms with Crippen molar-refractivity contribution >= 4 is 6.09 Å². The van der Waals surface area contributed by atoms with Gasteiger partial charge in [0.05, 0.1) is 23.4 Å². The smallest absolute Gasteiger partial charge is 0.410 e. The Morgan fingerprint density at radius 3 is 2.46 bits per heavy atom. The highest BCUT2D eigenvalue weighted by atomic mass is 19.2. The third-order valence-electron chi connectivity index (χ3n) is 6.43. The molecule has 1 amide bonds. The molecule has 1 heterocycles. The van der Waals surface area contributed by atoms with Crippen molar-refractivity contribution in [2.45, 2.75) is 12.5 Å². The summed E-state index contributed by atoms with van der Waals surface area (Å²) in [7, 11) is 0. The third-order valence-corrected chi connectivity index (χ3v) is 6.43. The van der Waals surface area contributed by atoms with Crippen LogP contribution in [-0.4, -0.2) is 24.1 Å². The maximum Gasteiger partial charge on any atom is 0.410 e. The maximum atomic E-state index is 14.2. The molecule has 0 saturated heterocycles. The summed E-state index contributed by atoms with van der Waals surface area (Å²) < 4.78 is 33.3. The number of fused-ring (bicyclic) bond motifs is 1. The van der Waals surface area contributed by atoms with Gasteiger partial charge in [-0.25, -0.2) is 13.6 Å². The van der Waals surface area contributed by atoms with Crippen LogP contribution in [0.25, 0.3) is 0 Å². The molecular formula is C26H19F2N5O2. The quantitative estimate of drug-likeness (QED) is 0.720. The van der Waals surface area contributed by atoms with Crippen LogP contribution in [0, 0.1) is 57.0 Å². The second-order valence-electron chi connectivity index (χ2n) is 8.29. The van der Waals surface area contributed by atoms with Crippen molar-refractivity contribution in [3.05, 3.63) is 94.2 Å². The predicted molar refractivity (Wildman–Crippen MR) is 119 cm³/mol. The Hall–Kier alpha value is -4.68. The molecule has 7 nitrogen and oxygen atoms in total.